The standard InChI is InChI=1S/C18H18N2OS/c1-18(2,3)14-8-6-13(7-9-14)16-12-22-17(19-16)20-10-4-5-15(20)11-21/h4-12H,1-3H3. The molecule has 0 unspecified atom stereocenters. The minimum atomic E-state index is 0.149. The Balaban J connectivity index is 1.92. The van der Waals surface area contributed by atoms with Crippen LogP contribution in [-0.2, 0) is 5.41 Å². The number of nitrogens with zero attached hydrogens (tertiary/aromatic N) is 2. The molecule has 0 spiro atoms. The Morgan fingerprint density at radius 3 is 2.50 bits per heavy atom. The summed E-state index contributed by atoms with van der Waals surface area (Å²) in [5.41, 5.74) is 4.10. The van der Waals surface area contributed by atoms with Crippen LogP contribution in [0.4, 0.5) is 0 Å². The van der Waals surface area contributed by atoms with E-state index >= 15 is 0 Å². The summed E-state index contributed by atoms with van der Waals surface area (Å²) in [4.78, 5) is 15.7. The predicted molar refractivity (Wildman–Crippen MR) is 91.0 cm³/mol. The lowest BCUT2D eigenvalue weighted by Crippen LogP contribution is -2.10. The van der Waals surface area contributed by atoms with E-state index in [9.17, 15) is 4.79 Å². The fourth-order valence-electron chi connectivity index (χ4n) is 2.31. The molecule has 1 aromatic carbocycles. The van der Waals surface area contributed by atoms with Crippen LogP contribution in [0.15, 0.2) is 48.0 Å². The molecular weight excluding hydrogens is 292 g/mol. The van der Waals surface area contributed by atoms with Gasteiger partial charge in [-0.05, 0) is 23.1 Å². The van der Waals surface area contributed by atoms with E-state index in [4.69, 9.17) is 0 Å². The summed E-state index contributed by atoms with van der Waals surface area (Å²) in [6, 6.07) is 12.2. The van der Waals surface area contributed by atoms with Gasteiger partial charge in [-0.3, -0.25) is 9.36 Å². The molecule has 0 amide bonds. The Labute approximate surface area is 134 Å². The van der Waals surface area contributed by atoms with Crippen molar-refractivity contribution >= 4 is 17.6 Å². The minimum Gasteiger partial charge on any atom is -0.296 e. The number of benzene rings is 1. The number of aldehydes is 1. The second kappa shape index (κ2) is 5.54. The molecule has 3 nitrogen and oxygen atoms in total. The van der Waals surface area contributed by atoms with Crippen molar-refractivity contribution in [2.24, 2.45) is 0 Å². The number of rotatable bonds is 3. The average Bonchev–Trinajstić information content (AvgIpc) is 3.15. The third kappa shape index (κ3) is 2.74. The van der Waals surface area contributed by atoms with E-state index in [-0.39, 0.29) is 5.41 Å². The van der Waals surface area contributed by atoms with Crippen molar-refractivity contribution in [2.75, 3.05) is 0 Å². The molecule has 112 valence electrons. The van der Waals surface area contributed by atoms with Crippen molar-refractivity contribution in [3.8, 4) is 16.4 Å². The van der Waals surface area contributed by atoms with Gasteiger partial charge in [0, 0.05) is 17.1 Å². The van der Waals surface area contributed by atoms with Gasteiger partial charge in [0.1, 0.15) is 0 Å². The molecule has 0 aliphatic carbocycles. The first-order valence-corrected chi connectivity index (χ1v) is 8.06. The molecule has 0 bridgehead atoms. The second-order valence-electron chi connectivity index (χ2n) is 6.26. The number of carbonyl (C=O) groups is 1. The van der Waals surface area contributed by atoms with Crippen LogP contribution in [-0.4, -0.2) is 15.8 Å². The van der Waals surface area contributed by atoms with Gasteiger partial charge in [0.15, 0.2) is 11.4 Å². The first kappa shape index (κ1) is 14.7. The van der Waals surface area contributed by atoms with Gasteiger partial charge in [-0.1, -0.05) is 45.0 Å². The molecule has 0 aliphatic heterocycles. The van der Waals surface area contributed by atoms with Crippen LogP contribution in [0.25, 0.3) is 16.4 Å². The molecule has 2 heterocycles. The van der Waals surface area contributed by atoms with Crippen LogP contribution in [0.5, 0.6) is 0 Å². The van der Waals surface area contributed by atoms with E-state index in [0.717, 1.165) is 22.7 Å². The van der Waals surface area contributed by atoms with Gasteiger partial charge in [-0.25, -0.2) is 4.98 Å². The Hall–Kier alpha value is -2.20. The van der Waals surface area contributed by atoms with Gasteiger partial charge >= 0.3 is 0 Å². The van der Waals surface area contributed by atoms with E-state index in [0.29, 0.717) is 5.69 Å². The molecule has 2 aromatic heterocycles. The average molecular weight is 310 g/mol. The largest absolute Gasteiger partial charge is 0.296 e. The molecule has 0 saturated heterocycles. The van der Waals surface area contributed by atoms with Gasteiger partial charge < -0.3 is 0 Å². The van der Waals surface area contributed by atoms with Crippen molar-refractivity contribution in [2.45, 2.75) is 26.2 Å². The summed E-state index contributed by atoms with van der Waals surface area (Å²) >= 11 is 1.53. The van der Waals surface area contributed by atoms with E-state index < -0.39 is 0 Å². The Kier molecular flexibility index (Phi) is 3.71. The van der Waals surface area contributed by atoms with Crippen molar-refractivity contribution in [3.05, 3.63) is 59.2 Å². The van der Waals surface area contributed by atoms with Crippen LogP contribution < -0.4 is 0 Å². The molecule has 3 aromatic rings. The molecule has 0 fully saturated rings. The number of carbonyl (C=O) groups excluding carboxylic acids is 1. The number of hydrogen-bond acceptors (Lipinski definition) is 3. The molecule has 0 radical (unpaired) electrons. The monoisotopic (exact) mass is 310 g/mol. The van der Waals surface area contributed by atoms with Crippen molar-refractivity contribution < 1.29 is 4.79 Å². The lowest BCUT2D eigenvalue weighted by Gasteiger charge is -2.18. The van der Waals surface area contributed by atoms with E-state index in [1.807, 2.05) is 22.2 Å². The zero-order valence-electron chi connectivity index (χ0n) is 12.9. The first-order valence-electron chi connectivity index (χ1n) is 7.18. The van der Waals surface area contributed by atoms with Crippen LogP contribution >= 0.6 is 11.3 Å². The van der Waals surface area contributed by atoms with E-state index in [1.165, 1.54) is 16.9 Å². The van der Waals surface area contributed by atoms with Crippen molar-refractivity contribution in [1.29, 1.82) is 0 Å². The molecule has 3 rings (SSSR count). The molecule has 0 saturated carbocycles. The molecule has 0 N–H and O–H groups in total. The summed E-state index contributed by atoms with van der Waals surface area (Å²) in [5, 5.41) is 2.83. The summed E-state index contributed by atoms with van der Waals surface area (Å²) in [7, 11) is 0. The van der Waals surface area contributed by atoms with Crippen LogP contribution in [0.2, 0.25) is 0 Å². The molecular formula is C18H18N2OS. The Morgan fingerprint density at radius 1 is 1.14 bits per heavy atom. The highest BCUT2D eigenvalue weighted by Gasteiger charge is 2.14. The maximum atomic E-state index is 11.0. The van der Waals surface area contributed by atoms with Crippen LogP contribution in [0.1, 0.15) is 36.8 Å². The highest BCUT2D eigenvalue weighted by molar-refractivity contribution is 7.12. The lowest BCUT2D eigenvalue weighted by molar-refractivity contribution is 0.111. The summed E-state index contributed by atoms with van der Waals surface area (Å²) in [5.74, 6) is 0. The smallest absolute Gasteiger partial charge is 0.194 e. The Bertz CT molecular complexity index is 791. The fourth-order valence-corrected chi connectivity index (χ4v) is 3.15. The highest BCUT2D eigenvalue weighted by Crippen LogP contribution is 2.28. The summed E-state index contributed by atoms with van der Waals surface area (Å²) < 4.78 is 1.81. The maximum Gasteiger partial charge on any atom is 0.194 e. The first-order chi connectivity index (χ1) is 10.5. The zero-order valence-corrected chi connectivity index (χ0v) is 13.7. The minimum absolute atomic E-state index is 0.149. The number of aromatic nitrogens is 2. The maximum absolute atomic E-state index is 11.0. The van der Waals surface area contributed by atoms with Gasteiger partial charge in [0.05, 0.1) is 11.4 Å². The van der Waals surface area contributed by atoms with Crippen molar-refractivity contribution in [3.63, 3.8) is 0 Å². The third-order valence-electron chi connectivity index (χ3n) is 3.65. The molecule has 22 heavy (non-hydrogen) atoms. The summed E-state index contributed by atoms with van der Waals surface area (Å²) in [6.45, 7) is 6.61. The molecule has 0 aliphatic rings. The number of thiazole rings is 1. The number of hydrogen-bond donors (Lipinski definition) is 0. The quantitative estimate of drug-likeness (QED) is 0.657. The second-order valence-corrected chi connectivity index (χ2v) is 7.10. The Morgan fingerprint density at radius 2 is 1.86 bits per heavy atom. The zero-order chi connectivity index (χ0) is 15.7. The van der Waals surface area contributed by atoms with Gasteiger partial charge in [-0.15, -0.1) is 11.3 Å². The predicted octanol–water partition coefficient (Wildman–Crippen LogP) is 4.71. The normalized spacial score (nSPS) is 11.6. The molecule has 0 atom stereocenters. The van der Waals surface area contributed by atoms with E-state index in [2.05, 4.69) is 50.0 Å². The van der Waals surface area contributed by atoms with Gasteiger partial charge in [0.2, 0.25) is 0 Å². The summed E-state index contributed by atoms with van der Waals surface area (Å²) in [6.07, 6.45) is 2.70. The topological polar surface area (TPSA) is 34.9 Å². The lowest BCUT2D eigenvalue weighted by atomic mass is 9.86. The SMILES string of the molecule is CC(C)(C)c1ccc(-c2csc(-n3cccc3C=O)n2)cc1. The van der Waals surface area contributed by atoms with Crippen LogP contribution in [0, 0.1) is 0 Å². The van der Waals surface area contributed by atoms with E-state index in [1.54, 1.807) is 6.07 Å². The van der Waals surface area contributed by atoms with Crippen molar-refractivity contribution in [1.82, 2.24) is 9.55 Å². The van der Waals surface area contributed by atoms with Crippen LogP contribution in [0.3, 0.4) is 0 Å². The van der Waals surface area contributed by atoms with Gasteiger partial charge in [0.25, 0.3) is 0 Å². The molecule has 4 heteroatoms. The highest BCUT2D eigenvalue weighted by atomic mass is 32.1. The van der Waals surface area contributed by atoms with Gasteiger partial charge in [-0.2, -0.15) is 0 Å². The fraction of sp³-hybridized carbons (Fsp3) is 0.222. The third-order valence-corrected chi connectivity index (χ3v) is 4.49.